The fourth-order valence-electron chi connectivity index (χ4n) is 2.21. The van der Waals surface area contributed by atoms with Gasteiger partial charge < -0.3 is 5.32 Å². The first-order valence-electron chi connectivity index (χ1n) is 7.62. The first-order chi connectivity index (χ1) is 12.1. The highest BCUT2D eigenvalue weighted by molar-refractivity contribution is 7.99. The zero-order valence-corrected chi connectivity index (χ0v) is 15.2. The minimum Gasteiger partial charge on any atom is -0.301 e. The lowest BCUT2D eigenvalue weighted by Gasteiger charge is -2.02. The number of hydrogen-bond donors (Lipinski definition) is 1. The number of benzene rings is 1. The lowest BCUT2D eigenvalue weighted by atomic mass is 10.1. The van der Waals surface area contributed by atoms with Gasteiger partial charge in [0.2, 0.25) is 5.91 Å². The highest BCUT2D eigenvalue weighted by Crippen LogP contribution is 2.30. The highest BCUT2D eigenvalue weighted by Gasteiger charge is 2.12. The standard InChI is InChI=1S/C18H16FN3OS2/c1-12-17(13-5-7-14(19)8-6-13)22-18(25-12)21-16(23)11-24-10-15-4-2-3-9-20-15/h2-9H,10-11H2,1H3,(H,21,22,23). The summed E-state index contributed by atoms with van der Waals surface area (Å²) in [5.41, 5.74) is 2.55. The monoisotopic (exact) mass is 373 g/mol. The summed E-state index contributed by atoms with van der Waals surface area (Å²) in [4.78, 5) is 21.7. The van der Waals surface area contributed by atoms with E-state index in [0.29, 0.717) is 16.6 Å². The number of amides is 1. The van der Waals surface area contributed by atoms with Crippen molar-refractivity contribution in [3.8, 4) is 11.3 Å². The van der Waals surface area contributed by atoms with Gasteiger partial charge in [-0.15, -0.1) is 23.1 Å². The molecule has 2 heterocycles. The Hall–Kier alpha value is -2.25. The van der Waals surface area contributed by atoms with Crippen molar-refractivity contribution in [1.82, 2.24) is 9.97 Å². The van der Waals surface area contributed by atoms with E-state index < -0.39 is 0 Å². The summed E-state index contributed by atoms with van der Waals surface area (Å²) < 4.78 is 13.0. The van der Waals surface area contributed by atoms with Crippen molar-refractivity contribution in [2.24, 2.45) is 0 Å². The normalized spacial score (nSPS) is 10.6. The molecule has 0 aliphatic carbocycles. The molecule has 7 heteroatoms. The molecule has 0 aliphatic rings. The molecule has 25 heavy (non-hydrogen) atoms. The van der Waals surface area contributed by atoms with E-state index in [4.69, 9.17) is 0 Å². The molecule has 0 atom stereocenters. The van der Waals surface area contributed by atoms with Gasteiger partial charge in [-0.25, -0.2) is 9.37 Å². The van der Waals surface area contributed by atoms with Crippen LogP contribution in [-0.4, -0.2) is 21.6 Å². The number of aryl methyl sites for hydroxylation is 1. The van der Waals surface area contributed by atoms with Crippen LogP contribution in [0.2, 0.25) is 0 Å². The van der Waals surface area contributed by atoms with Crippen LogP contribution in [0.1, 0.15) is 10.6 Å². The summed E-state index contributed by atoms with van der Waals surface area (Å²) in [7, 11) is 0. The Kier molecular flexibility index (Phi) is 5.78. The Balaban J connectivity index is 1.56. The van der Waals surface area contributed by atoms with Crippen molar-refractivity contribution >= 4 is 34.1 Å². The van der Waals surface area contributed by atoms with Crippen LogP contribution in [0.15, 0.2) is 48.7 Å². The number of thiazole rings is 1. The number of thioether (sulfide) groups is 1. The number of nitrogens with one attached hydrogen (secondary N) is 1. The molecule has 0 saturated heterocycles. The van der Waals surface area contributed by atoms with Gasteiger partial charge in [0.25, 0.3) is 0 Å². The van der Waals surface area contributed by atoms with Crippen molar-refractivity contribution in [3.63, 3.8) is 0 Å². The molecule has 0 fully saturated rings. The fraction of sp³-hybridized carbons (Fsp3) is 0.167. The van der Waals surface area contributed by atoms with Crippen LogP contribution in [0.4, 0.5) is 9.52 Å². The number of carbonyl (C=O) groups is 1. The Labute approximate surface area is 153 Å². The maximum Gasteiger partial charge on any atom is 0.236 e. The van der Waals surface area contributed by atoms with Crippen LogP contribution in [0, 0.1) is 12.7 Å². The van der Waals surface area contributed by atoms with Gasteiger partial charge in [0, 0.05) is 22.4 Å². The molecule has 1 aromatic carbocycles. The second-order valence-electron chi connectivity index (χ2n) is 5.29. The second-order valence-corrected chi connectivity index (χ2v) is 7.48. The van der Waals surface area contributed by atoms with E-state index in [2.05, 4.69) is 15.3 Å². The van der Waals surface area contributed by atoms with E-state index in [-0.39, 0.29) is 11.7 Å². The average molecular weight is 373 g/mol. The predicted octanol–water partition coefficient (Wildman–Crippen LogP) is 4.52. The SMILES string of the molecule is Cc1sc(NC(=O)CSCc2ccccn2)nc1-c1ccc(F)cc1. The molecule has 1 N–H and O–H groups in total. The highest BCUT2D eigenvalue weighted by atomic mass is 32.2. The van der Waals surface area contributed by atoms with Crippen LogP contribution in [0.5, 0.6) is 0 Å². The van der Waals surface area contributed by atoms with Crippen LogP contribution in [0.3, 0.4) is 0 Å². The van der Waals surface area contributed by atoms with E-state index in [1.54, 1.807) is 18.3 Å². The van der Waals surface area contributed by atoms with E-state index in [1.807, 2.05) is 25.1 Å². The number of anilines is 1. The van der Waals surface area contributed by atoms with Crippen LogP contribution in [-0.2, 0) is 10.5 Å². The third kappa shape index (κ3) is 4.87. The van der Waals surface area contributed by atoms with Crippen LogP contribution < -0.4 is 5.32 Å². The Morgan fingerprint density at radius 2 is 2.04 bits per heavy atom. The largest absolute Gasteiger partial charge is 0.301 e. The van der Waals surface area contributed by atoms with Crippen molar-refractivity contribution in [3.05, 3.63) is 65.0 Å². The minimum atomic E-state index is -0.282. The summed E-state index contributed by atoms with van der Waals surface area (Å²) in [6.45, 7) is 1.93. The van der Waals surface area contributed by atoms with Crippen molar-refractivity contribution in [2.75, 3.05) is 11.1 Å². The van der Waals surface area contributed by atoms with Gasteiger partial charge in [-0.1, -0.05) is 6.07 Å². The molecule has 128 valence electrons. The summed E-state index contributed by atoms with van der Waals surface area (Å²) in [5, 5.41) is 3.38. The smallest absolute Gasteiger partial charge is 0.236 e. The number of hydrogen-bond acceptors (Lipinski definition) is 5. The molecule has 0 spiro atoms. The van der Waals surface area contributed by atoms with Crippen molar-refractivity contribution in [2.45, 2.75) is 12.7 Å². The molecular formula is C18H16FN3OS2. The molecule has 2 aromatic heterocycles. The summed E-state index contributed by atoms with van der Waals surface area (Å²) in [5.74, 6) is 0.642. The molecule has 0 aliphatic heterocycles. The topological polar surface area (TPSA) is 54.9 Å². The van der Waals surface area contributed by atoms with Gasteiger partial charge in [0.15, 0.2) is 5.13 Å². The van der Waals surface area contributed by atoms with Crippen molar-refractivity contribution < 1.29 is 9.18 Å². The fourth-order valence-corrected chi connectivity index (χ4v) is 3.80. The molecule has 3 rings (SSSR count). The lowest BCUT2D eigenvalue weighted by Crippen LogP contribution is -2.14. The second kappa shape index (κ2) is 8.22. The quantitative estimate of drug-likeness (QED) is 0.690. The Bertz CT molecular complexity index is 851. The number of pyridine rings is 1. The van der Waals surface area contributed by atoms with E-state index in [1.165, 1.54) is 35.2 Å². The Morgan fingerprint density at radius 1 is 1.24 bits per heavy atom. The van der Waals surface area contributed by atoms with Crippen LogP contribution >= 0.6 is 23.1 Å². The number of carbonyl (C=O) groups excluding carboxylic acids is 1. The summed E-state index contributed by atoms with van der Waals surface area (Å²) >= 11 is 2.92. The third-order valence-corrected chi connectivity index (χ3v) is 5.22. The zero-order chi connectivity index (χ0) is 17.6. The zero-order valence-electron chi connectivity index (χ0n) is 13.5. The predicted molar refractivity (Wildman–Crippen MR) is 101 cm³/mol. The first kappa shape index (κ1) is 17.6. The number of halogens is 1. The van der Waals surface area contributed by atoms with E-state index in [0.717, 1.165) is 21.8 Å². The molecule has 0 radical (unpaired) electrons. The molecule has 0 unspecified atom stereocenters. The lowest BCUT2D eigenvalue weighted by molar-refractivity contribution is -0.113. The number of aromatic nitrogens is 2. The summed E-state index contributed by atoms with van der Waals surface area (Å²) in [6.07, 6.45) is 1.74. The first-order valence-corrected chi connectivity index (χ1v) is 9.60. The average Bonchev–Trinajstić information content (AvgIpc) is 2.96. The van der Waals surface area contributed by atoms with Gasteiger partial charge >= 0.3 is 0 Å². The third-order valence-electron chi connectivity index (χ3n) is 3.37. The molecule has 0 bridgehead atoms. The molecule has 3 aromatic rings. The Morgan fingerprint density at radius 3 is 2.76 bits per heavy atom. The molecule has 0 saturated carbocycles. The van der Waals surface area contributed by atoms with Crippen LogP contribution in [0.25, 0.3) is 11.3 Å². The molecular weight excluding hydrogens is 357 g/mol. The number of nitrogens with zero attached hydrogens (tertiary/aromatic N) is 2. The van der Waals surface area contributed by atoms with Gasteiger partial charge in [0.05, 0.1) is 17.1 Å². The molecule has 4 nitrogen and oxygen atoms in total. The van der Waals surface area contributed by atoms with E-state index in [9.17, 15) is 9.18 Å². The van der Waals surface area contributed by atoms with Gasteiger partial charge in [-0.3, -0.25) is 9.78 Å². The maximum atomic E-state index is 13.0. The number of rotatable bonds is 6. The van der Waals surface area contributed by atoms with Gasteiger partial charge in [0.1, 0.15) is 5.82 Å². The minimum absolute atomic E-state index is 0.0969. The van der Waals surface area contributed by atoms with Gasteiger partial charge in [-0.2, -0.15) is 0 Å². The van der Waals surface area contributed by atoms with Gasteiger partial charge in [-0.05, 0) is 43.3 Å². The maximum absolute atomic E-state index is 13.0. The van der Waals surface area contributed by atoms with Crippen molar-refractivity contribution in [1.29, 1.82) is 0 Å². The summed E-state index contributed by atoms with van der Waals surface area (Å²) in [6, 6.07) is 11.9. The van der Waals surface area contributed by atoms with E-state index >= 15 is 0 Å². The molecule has 1 amide bonds.